The Labute approximate surface area is 145 Å². The standard InChI is InChI=1S/C18H28BNO4/c1-7-13(2)20-16(21)12-22-15-10-8-9-14(11-15)19-23-17(3,4)18(5,6)24-19/h8-11,13H,7,12H2,1-6H3,(H,20,21)/t13-/m1/s1. The zero-order valence-corrected chi connectivity index (χ0v) is 15.5. The predicted octanol–water partition coefficient (Wildman–Crippen LogP) is 2.28. The Balaban J connectivity index is 1.99. The minimum atomic E-state index is -0.438. The lowest BCUT2D eigenvalue weighted by Gasteiger charge is -2.32. The first kappa shape index (κ1) is 18.8. The Morgan fingerprint density at radius 3 is 2.46 bits per heavy atom. The number of carbonyl (C=O) groups excluding carboxylic acids is 1. The molecule has 1 aromatic rings. The summed E-state index contributed by atoms with van der Waals surface area (Å²) in [7, 11) is -0.438. The Hall–Kier alpha value is -1.53. The number of ether oxygens (including phenoxy) is 1. The lowest BCUT2D eigenvalue weighted by molar-refractivity contribution is -0.123. The van der Waals surface area contributed by atoms with Gasteiger partial charge in [-0.15, -0.1) is 0 Å². The Kier molecular flexibility index (Phi) is 5.61. The smallest absolute Gasteiger partial charge is 0.484 e. The van der Waals surface area contributed by atoms with Crippen LogP contribution in [0.3, 0.4) is 0 Å². The van der Waals surface area contributed by atoms with Crippen molar-refractivity contribution in [1.82, 2.24) is 5.32 Å². The fourth-order valence-corrected chi connectivity index (χ4v) is 2.30. The van der Waals surface area contributed by atoms with Gasteiger partial charge in [0.05, 0.1) is 11.2 Å². The third-order valence-electron chi connectivity index (χ3n) is 4.77. The Morgan fingerprint density at radius 1 is 1.25 bits per heavy atom. The van der Waals surface area contributed by atoms with Gasteiger partial charge in [0.1, 0.15) is 5.75 Å². The van der Waals surface area contributed by atoms with Crippen LogP contribution in [-0.4, -0.2) is 36.9 Å². The van der Waals surface area contributed by atoms with Crippen LogP contribution in [0.1, 0.15) is 48.0 Å². The van der Waals surface area contributed by atoms with E-state index in [1.54, 1.807) is 0 Å². The average Bonchev–Trinajstić information content (AvgIpc) is 2.73. The number of nitrogens with one attached hydrogen (secondary N) is 1. The maximum atomic E-state index is 11.8. The van der Waals surface area contributed by atoms with Crippen molar-refractivity contribution in [1.29, 1.82) is 0 Å². The maximum Gasteiger partial charge on any atom is 0.494 e. The van der Waals surface area contributed by atoms with Gasteiger partial charge in [-0.05, 0) is 58.6 Å². The van der Waals surface area contributed by atoms with Gasteiger partial charge in [-0.1, -0.05) is 19.1 Å². The highest BCUT2D eigenvalue weighted by Crippen LogP contribution is 2.36. The monoisotopic (exact) mass is 333 g/mol. The maximum absolute atomic E-state index is 11.8. The first-order valence-corrected chi connectivity index (χ1v) is 8.52. The SMILES string of the molecule is CC[C@@H](C)NC(=O)COc1cccc(B2OC(C)(C)C(C)(C)O2)c1. The second kappa shape index (κ2) is 7.15. The van der Waals surface area contributed by atoms with Crippen molar-refractivity contribution in [3.8, 4) is 5.75 Å². The van der Waals surface area contributed by atoms with Gasteiger partial charge in [0.2, 0.25) is 0 Å². The Morgan fingerprint density at radius 2 is 1.88 bits per heavy atom. The van der Waals surface area contributed by atoms with Gasteiger partial charge in [-0.25, -0.2) is 0 Å². The quantitative estimate of drug-likeness (QED) is 0.812. The lowest BCUT2D eigenvalue weighted by atomic mass is 9.79. The minimum Gasteiger partial charge on any atom is -0.484 e. The molecule has 0 unspecified atom stereocenters. The van der Waals surface area contributed by atoms with Crippen LogP contribution < -0.4 is 15.5 Å². The fourth-order valence-electron chi connectivity index (χ4n) is 2.30. The van der Waals surface area contributed by atoms with Gasteiger partial charge in [0.25, 0.3) is 5.91 Å². The highest BCUT2D eigenvalue weighted by Gasteiger charge is 2.51. The van der Waals surface area contributed by atoms with Crippen LogP contribution in [0.15, 0.2) is 24.3 Å². The first-order chi connectivity index (χ1) is 11.1. The van der Waals surface area contributed by atoms with Gasteiger partial charge >= 0.3 is 7.12 Å². The van der Waals surface area contributed by atoms with E-state index in [1.165, 1.54) is 0 Å². The number of hydrogen-bond donors (Lipinski definition) is 1. The third-order valence-corrected chi connectivity index (χ3v) is 4.77. The number of rotatable bonds is 6. The summed E-state index contributed by atoms with van der Waals surface area (Å²) in [6.07, 6.45) is 0.892. The largest absolute Gasteiger partial charge is 0.494 e. The van der Waals surface area contributed by atoms with Crippen LogP contribution >= 0.6 is 0 Å². The van der Waals surface area contributed by atoms with Gasteiger partial charge < -0.3 is 19.4 Å². The summed E-state index contributed by atoms with van der Waals surface area (Å²) in [5.41, 5.74) is 0.114. The van der Waals surface area contributed by atoms with Crippen molar-refractivity contribution in [2.75, 3.05) is 6.61 Å². The van der Waals surface area contributed by atoms with E-state index in [9.17, 15) is 4.79 Å². The van der Waals surface area contributed by atoms with Crippen molar-refractivity contribution in [2.45, 2.75) is 65.2 Å². The van der Waals surface area contributed by atoms with E-state index < -0.39 is 7.12 Å². The highest BCUT2D eigenvalue weighted by atomic mass is 16.7. The average molecular weight is 333 g/mol. The Bertz CT molecular complexity index is 572. The van der Waals surface area contributed by atoms with Crippen molar-refractivity contribution in [3.63, 3.8) is 0 Å². The topological polar surface area (TPSA) is 56.8 Å². The molecule has 0 radical (unpaired) electrons. The van der Waals surface area contributed by atoms with Crippen molar-refractivity contribution >= 4 is 18.5 Å². The van der Waals surface area contributed by atoms with Crippen molar-refractivity contribution < 1.29 is 18.8 Å². The van der Waals surface area contributed by atoms with Crippen LogP contribution in [0, 0.1) is 0 Å². The summed E-state index contributed by atoms with van der Waals surface area (Å²) in [5, 5.41) is 2.88. The van der Waals surface area contributed by atoms with Gasteiger partial charge in [-0.3, -0.25) is 4.79 Å². The van der Waals surface area contributed by atoms with Crippen molar-refractivity contribution in [2.24, 2.45) is 0 Å². The summed E-state index contributed by atoms with van der Waals surface area (Å²) in [4.78, 5) is 11.8. The van der Waals surface area contributed by atoms with E-state index in [0.29, 0.717) is 5.75 Å². The van der Waals surface area contributed by atoms with Crippen LogP contribution in [0.2, 0.25) is 0 Å². The summed E-state index contributed by atoms with van der Waals surface area (Å²) < 4.78 is 17.7. The van der Waals surface area contributed by atoms with Crippen molar-refractivity contribution in [3.05, 3.63) is 24.3 Å². The van der Waals surface area contributed by atoms with Crippen LogP contribution in [0.4, 0.5) is 0 Å². The molecule has 1 aliphatic heterocycles. The van der Waals surface area contributed by atoms with E-state index in [4.69, 9.17) is 14.0 Å². The highest BCUT2D eigenvalue weighted by molar-refractivity contribution is 6.62. The summed E-state index contributed by atoms with van der Waals surface area (Å²) in [6.45, 7) is 12.1. The fraction of sp³-hybridized carbons (Fsp3) is 0.611. The molecule has 5 nitrogen and oxygen atoms in total. The third kappa shape index (κ3) is 4.30. The second-order valence-electron chi connectivity index (χ2n) is 7.33. The van der Waals surface area contributed by atoms with E-state index in [2.05, 4.69) is 5.32 Å². The zero-order valence-electron chi connectivity index (χ0n) is 15.5. The molecule has 2 rings (SSSR count). The number of carbonyl (C=O) groups is 1. The number of benzene rings is 1. The van der Waals surface area contributed by atoms with Crippen LogP contribution in [0.25, 0.3) is 0 Å². The molecule has 0 aliphatic carbocycles. The molecular weight excluding hydrogens is 305 g/mol. The molecule has 6 heteroatoms. The van der Waals surface area contributed by atoms with Crippen LogP contribution in [-0.2, 0) is 14.1 Å². The molecule has 0 saturated carbocycles. The molecule has 1 saturated heterocycles. The molecule has 132 valence electrons. The second-order valence-corrected chi connectivity index (χ2v) is 7.33. The molecule has 0 spiro atoms. The van der Waals surface area contributed by atoms with E-state index in [1.807, 2.05) is 65.8 Å². The minimum absolute atomic E-state index is 0.00282. The molecule has 1 heterocycles. The molecule has 24 heavy (non-hydrogen) atoms. The molecular formula is C18H28BNO4. The molecule has 1 amide bonds. The summed E-state index contributed by atoms with van der Waals surface area (Å²) in [6, 6.07) is 7.65. The first-order valence-electron chi connectivity index (χ1n) is 8.52. The molecule has 1 N–H and O–H groups in total. The van der Waals surface area contributed by atoms with Gasteiger partial charge in [-0.2, -0.15) is 0 Å². The molecule has 1 aromatic carbocycles. The summed E-state index contributed by atoms with van der Waals surface area (Å²) >= 11 is 0. The predicted molar refractivity (Wildman–Crippen MR) is 95.5 cm³/mol. The normalized spacial score (nSPS) is 19.8. The van der Waals surface area contributed by atoms with E-state index in [0.717, 1.165) is 11.9 Å². The number of amides is 1. The molecule has 0 bridgehead atoms. The van der Waals surface area contributed by atoms with Crippen LogP contribution in [0.5, 0.6) is 5.75 Å². The molecule has 1 fully saturated rings. The summed E-state index contributed by atoms with van der Waals surface area (Å²) in [5.74, 6) is 0.506. The van der Waals surface area contributed by atoms with E-state index in [-0.39, 0.29) is 29.8 Å². The van der Waals surface area contributed by atoms with Gasteiger partial charge in [0.15, 0.2) is 6.61 Å². The molecule has 1 atom stereocenters. The molecule has 0 aromatic heterocycles. The number of hydrogen-bond acceptors (Lipinski definition) is 4. The van der Waals surface area contributed by atoms with Gasteiger partial charge in [0, 0.05) is 6.04 Å². The molecule has 1 aliphatic rings. The lowest BCUT2D eigenvalue weighted by Crippen LogP contribution is -2.41. The zero-order chi connectivity index (χ0) is 18.0. The van der Waals surface area contributed by atoms with E-state index >= 15 is 0 Å².